The van der Waals surface area contributed by atoms with Crippen LogP contribution in [0, 0.1) is 5.41 Å². The van der Waals surface area contributed by atoms with E-state index in [2.05, 4.69) is 23.7 Å². The highest BCUT2D eigenvalue weighted by Crippen LogP contribution is 2.38. The van der Waals surface area contributed by atoms with E-state index in [-0.39, 0.29) is 5.78 Å². The summed E-state index contributed by atoms with van der Waals surface area (Å²) in [6, 6.07) is 3.85. The zero-order valence-corrected chi connectivity index (χ0v) is 12.3. The van der Waals surface area contributed by atoms with Gasteiger partial charge in [-0.25, -0.2) is 0 Å². The third-order valence-corrected chi connectivity index (χ3v) is 4.80. The molecule has 0 spiro atoms. The van der Waals surface area contributed by atoms with Crippen LogP contribution in [-0.2, 0) is 0 Å². The molecule has 0 unspecified atom stereocenters. The Morgan fingerprint density at radius 3 is 2.32 bits per heavy atom. The van der Waals surface area contributed by atoms with E-state index >= 15 is 0 Å². The number of ketones is 1. The number of carbonyl (C=O) groups is 1. The molecule has 0 radical (unpaired) electrons. The second kappa shape index (κ2) is 5.72. The van der Waals surface area contributed by atoms with Crippen LogP contribution in [0.25, 0.3) is 0 Å². The van der Waals surface area contributed by atoms with Crippen LogP contribution in [0.3, 0.4) is 0 Å². The van der Waals surface area contributed by atoms with Crippen molar-refractivity contribution in [1.29, 1.82) is 0 Å². The lowest BCUT2D eigenvalue weighted by Crippen LogP contribution is -2.39. The van der Waals surface area contributed by atoms with E-state index in [1.165, 1.54) is 25.7 Å². The molecule has 1 aromatic rings. The summed E-state index contributed by atoms with van der Waals surface area (Å²) < 4.78 is 0. The summed E-state index contributed by atoms with van der Waals surface area (Å²) in [7, 11) is 0. The maximum atomic E-state index is 11.2. The largest absolute Gasteiger partial charge is 0.370 e. The molecule has 19 heavy (non-hydrogen) atoms. The summed E-state index contributed by atoms with van der Waals surface area (Å²) in [5, 5.41) is 0. The van der Waals surface area contributed by atoms with E-state index < -0.39 is 0 Å². The molecule has 3 heteroatoms. The molecule has 2 heterocycles. The third-order valence-electron chi connectivity index (χ3n) is 4.80. The normalized spacial score (nSPS) is 18.4. The molecule has 0 aliphatic carbocycles. The summed E-state index contributed by atoms with van der Waals surface area (Å²) in [6.07, 6.45) is 6.91. The highest BCUT2D eigenvalue weighted by Gasteiger charge is 2.31. The molecule has 1 aromatic heterocycles. The minimum atomic E-state index is 0.0289. The Morgan fingerprint density at radius 1 is 1.26 bits per heavy atom. The van der Waals surface area contributed by atoms with Gasteiger partial charge in [-0.2, -0.15) is 0 Å². The van der Waals surface area contributed by atoms with E-state index in [1.54, 1.807) is 6.92 Å². The Hall–Kier alpha value is -1.38. The SMILES string of the molecule is CCC1(CC)CCN(c2ccc(C(C)=O)nc2)CC1. The molecule has 0 N–H and O–H groups in total. The van der Waals surface area contributed by atoms with Crippen LogP contribution in [0.15, 0.2) is 18.3 Å². The van der Waals surface area contributed by atoms with Crippen LogP contribution in [0.1, 0.15) is 56.9 Å². The number of anilines is 1. The van der Waals surface area contributed by atoms with E-state index in [9.17, 15) is 4.79 Å². The van der Waals surface area contributed by atoms with Crippen molar-refractivity contribution in [3.8, 4) is 0 Å². The van der Waals surface area contributed by atoms with Gasteiger partial charge in [0.25, 0.3) is 0 Å². The number of piperidine rings is 1. The Labute approximate surface area is 116 Å². The molecule has 1 aliphatic heterocycles. The first kappa shape index (κ1) is 14.0. The van der Waals surface area contributed by atoms with Crippen molar-refractivity contribution < 1.29 is 4.79 Å². The standard InChI is InChI=1S/C16H24N2O/c1-4-16(5-2)8-10-18(11-9-16)14-6-7-15(13(3)19)17-12-14/h6-7,12H,4-5,8-11H2,1-3H3. The number of rotatable bonds is 4. The summed E-state index contributed by atoms with van der Waals surface area (Å²) in [5.74, 6) is 0.0289. The highest BCUT2D eigenvalue weighted by molar-refractivity contribution is 5.92. The van der Waals surface area contributed by atoms with Crippen molar-refractivity contribution in [3.05, 3.63) is 24.0 Å². The number of carbonyl (C=O) groups excluding carboxylic acids is 1. The molecular formula is C16H24N2O. The van der Waals surface area contributed by atoms with Gasteiger partial charge in [0.1, 0.15) is 5.69 Å². The van der Waals surface area contributed by atoms with Gasteiger partial charge in [0, 0.05) is 20.0 Å². The predicted molar refractivity (Wildman–Crippen MR) is 78.7 cm³/mol. The Kier molecular flexibility index (Phi) is 4.23. The molecule has 1 fully saturated rings. The quantitative estimate of drug-likeness (QED) is 0.774. The van der Waals surface area contributed by atoms with Crippen molar-refractivity contribution >= 4 is 11.5 Å². The van der Waals surface area contributed by atoms with Gasteiger partial charge in [0.15, 0.2) is 5.78 Å². The van der Waals surface area contributed by atoms with Crippen LogP contribution < -0.4 is 4.90 Å². The van der Waals surface area contributed by atoms with Gasteiger partial charge in [-0.05, 0) is 30.4 Å². The Balaban J connectivity index is 2.03. The molecule has 0 aromatic carbocycles. The van der Waals surface area contributed by atoms with Crippen molar-refractivity contribution in [1.82, 2.24) is 4.98 Å². The van der Waals surface area contributed by atoms with Gasteiger partial charge in [0.05, 0.1) is 11.9 Å². The smallest absolute Gasteiger partial charge is 0.178 e. The van der Waals surface area contributed by atoms with Gasteiger partial charge in [-0.3, -0.25) is 9.78 Å². The fourth-order valence-corrected chi connectivity index (χ4v) is 2.98. The summed E-state index contributed by atoms with van der Waals surface area (Å²) in [4.78, 5) is 17.8. The lowest BCUT2D eigenvalue weighted by Gasteiger charge is -2.41. The van der Waals surface area contributed by atoms with Crippen LogP contribution in [0.4, 0.5) is 5.69 Å². The van der Waals surface area contributed by atoms with E-state index in [1.807, 2.05) is 18.3 Å². The van der Waals surface area contributed by atoms with Crippen molar-refractivity contribution in [3.63, 3.8) is 0 Å². The zero-order valence-electron chi connectivity index (χ0n) is 12.3. The second-order valence-electron chi connectivity index (χ2n) is 5.65. The highest BCUT2D eigenvalue weighted by atomic mass is 16.1. The minimum Gasteiger partial charge on any atom is -0.370 e. The monoisotopic (exact) mass is 260 g/mol. The maximum Gasteiger partial charge on any atom is 0.178 e. The van der Waals surface area contributed by atoms with E-state index in [0.717, 1.165) is 18.8 Å². The zero-order chi connectivity index (χ0) is 13.9. The van der Waals surface area contributed by atoms with Gasteiger partial charge in [-0.15, -0.1) is 0 Å². The number of nitrogens with zero attached hydrogens (tertiary/aromatic N) is 2. The molecule has 0 amide bonds. The van der Waals surface area contributed by atoms with Crippen LogP contribution >= 0.6 is 0 Å². The van der Waals surface area contributed by atoms with Gasteiger partial charge < -0.3 is 4.90 Å². The van der Waals surface area contributed by atoms with Crippen LogP contribution in [0.2, 0.25) is 0 Å². The van der Waals surface area contributed by atoms with Gasteiger partial charge in [-0.1, -0.05) is 26.7 Å². The van der Waals surface area contributed by atoms with Crippen molar-refractivity contribution in [2.75, 3.05) is 18.0 Å². The van der Waals surface area contributed by atoms with Crippen LogP contribution in [-0.4, -0.2) is 23.9 Å². The number of Topliss-reactive ketones (excluding diaryl/α,β-unsaturated/α-hetero) is 1. The van der Waals surface area contributed by atoms with E-state index in [0.29, 0.717) is 11.1 Å². The predicted octanol–water partition coefficient (Wildman–Crippen LogP) is 3.69. The fourth-order valence-electron chi connectivity index (χ4n) is 2.98. The molecule has 3 nitrogen and oxygen atoms in total. The first-order valence-corrected chi connectivity index (χ1v) is 7.32. The first-order chi connectivity index (χ1) is 9.10. The Bertz CT molecular complexity index is 425. The third kappa shape index (κ3) is 2.96. The molecule has 2 rings (SSSR count). The van der Waals surface area contributed by atoms with Crippen molar-refractivity contribution in [2.45, 2.75) is 46.5 Å². The number of pyridine rings is 1. The number of hydrogen-bond acceptors (Lipinski definition) is 3. The number of aromatic nitrogens is 1. The fraction of sp³-hybridized carbons (Fsp3) is 0.625. The summed E-state index contributed by atoms with van der Waals surface area (Å²) in [5.41, 5.74) is 2.24. The molecule has 104 valence electrons. The first-order valence-electron chi connectivity index (χ1n) is 7.32. The lowest BCUT2D eigenvalue weighted by atomic mass is 9.74. The Morgan fingerprint density at radius 2 is 1.89 bits per heavy atom. The van der Waals surface area contributed by atoms with Crippen LogP contribution in [0.5, 0.6) is 0 Å². The average molecular weight is 260 g/mol. The minimum absolute atomic E-state index is 0.0289. The molecule has 0 bridgehead atoms. The average Bonchev–Trinajstić information content (AvgIpc) is 2.47. The van der Waals surface area contributed by atoms with Gasteiger partial charge in [0.2, 0.25) is 0 Å². The molecule has 1 saturated heterocycles. The molecule has 1 aliphatic rings. The summed E-state index contributed by atoms with van der Waals surface area (Å²) >= 11 is 0. The molecule has 0 atom stereocenters. The maximum absolute atomic E-state index is 11.2. The second-order valence-corrected chi connectivity index (χ2v) is 5.65. The lowest BCUT2D eigenvalue weighted by molar-refractivity contribution is 0.101. The molecular weight excluding hydrogens is 236 g/mol. The summed E-state index contributed by atoms with van der Waals surface area (Å²) in [6.45, 7) is 8.37. The molecule has 0 saturated carbocycles. The van der Waals surface area contributed by atoms with E-state index in [4.69, 9.17) is 0 Å². The van der Waals surface area contributed by atoms with Crippen molar-refractivity contribution in [2.24, 2.45) is 5.41 Å². The topological polar surface area (TPSA) is 33.2 Å². The number of hydrogen-bond donors (Lipinski definition) is 0. The van der Waals surface area contributed by atoms with Gasteiger partial charge >= 0.3 is 0 Å².